The molecule has 0 aliphatic rings. The number of ether oxygens (including phenoxy) is 2. The first-order chi connectivity index (χ1) is 12.5. The van der Waals surface area contributed by atoms with Gasteiger partial charge in [-0.05, 0) is 42.0 Å². The van der Waals surface area contributed by atoms with Crippen molar-refractivity contribution >= 4 is 35.4 Å². The van der Waals surface area contributed by atoms with Gasteiger partial charge in [-0.1, -0.05) is 17.7 Å². The monoisotopic (exact) mass is 375 g/mol. The number of benzene rings is 2. The highest BCUT2D eigenvalue weighted by molar-refractivity contribution is 6.30. The normalized spacial score (nSPS) is 10.4. The van der Waals surface area contributed by atoms with Gasteiger partial charge in [0.1, 0.15) is 0 Å². The molecule has 0 bridgehead atoms. The Bertz CT molecular complexity index is 835. The summed E-state index contributed by atoms with van der Waals surface area (Å²) in [6.07, 6.45) is 1.46. The third-order valence-electron chi connectivity index (χ3n) is 3.03. The minimum atomic E-state index is -0.326. The number of nitrogens with one attached hydrogen (secondary N) is 1. The fourth-order valence-corrected chi connectivity index (χ4v) is 2.14. The van der Waals surface area contributed by atoms with Gasteiger partial charge in [-0.25, -0.2) is 0 Å². The van der Waals surface area contributed by atoms with Crippen LogP contribution in [0.1, 0.15) is 5.56 Å². The largest absolute Gasteiger partial charge is 0.493 e. The molecule has 8 nitrogen and oxygen atoms in total. The molecule has 0 atom stereocenters. The fourth-order valence-electron chi connectivity index (χ4n) is 1.95. The van der Waals surface area contributed by atoms with E-state index in [1.165, 1.54) is 13.3 Å². The van der Waals surface area contributed by atoms with Crippen LogP contribution in [0.25, 0.3) is 0 Å². The van der Waals surface area contributed by atoms with E-state index in [2.05, 4.69) is 15.5 Å². The number of guanidine groups is 1. The lowest BCUT2D eigenvalue weighted by Crippen LogP contribution is -2.21. The summed E-state index contributed by atoms with van der Waals surface area (Å²) in [6.45, 7) is -0.190. The summed E-state index contributed by atoms with van der Waals surface area (Å²) in [6, 6.07) is 11.9. The molecule has 0 aliphatic carbocycles. The lowest BCUT2D eigenvalue weighted by atomic mass is 10.2. The van der Waals surface area contributed by atoms with Crippen LogP contribution in [0.5, 0.6) is 11.5 Å². The molecular formula is C17H18ClN5O3. The maximum atomic E-state index is 12.0. The van der Waals surface area contributed by atoms with Crippen molar-refractivity contribution in [2.45, 2.75) is 0 Å². The minimum absolute atomic E-state index is 0.140. The molecule has 0 aliphatic heterocycles. The van der Waals surface area contributed by atoms with Crippen LogP contribution in [0.15, 0.2) is 52.7 Å². The van der Waals surface area contributed by atoms with Gasteiger partial charge in [0.05, 0.1) is 13.3 Å². The van der Waals surface area contributed by atoms with E-state index in [1.54, 1.807) is 42.5 Å². The Labute approximate surface area is 155 Å². The summed E-state index contributed by atoms with van der Waals surface area (Å²) in [5.74, 6) is 0.383. The SMILES string of the molecule is COc1cc(/C=N/N=C(N)N)ccc1OCC(=O)Nc1cccc(Cl)c1. The second-order valence-corrected chi connectivity index (χ2v) is 5.46. The molecule has 2 aromatic carbocycles. The number of carbonyl (C=O) groups excluding carboxylic acids is 1. The summed E-state index contributed by atoms with van der Waals surface area (Å²) in [4.78, 5) is 12.0. The molecule has 0 unspecified atom stereocenters. The van der Waals surface area contributed by atoms with Crippen molar-refractivity contribution in [2.24, 2.45) is 21.7 Å². The highest BCUT2D eigenvalue weighted by Crippen LogP contribution is 2.27. The average molecular weight is 376 g/mol. The van der Waals surface area contributed by atoms with E-state index in [-0.39, 0.29) is 18.5 Å². The zero-order valence-electron chi connectivity index (χ0n) is 14.0. The van der Waals surface area contributed by atoms with E-state index in [4.69, 9.17) is 32.5 Å². The number of methoxy groups -OCH3 is 1. The predicted molar refractivity (Wildman–Crippen MR) is 102 cm³/mol. The van der Waals surface area contributed by atoms with Crippen LogP contribution in [0, 0.1) is 0 Å². The highest BCUT2D eigenvalue weighted by Gasteiger charge is 2.09. The third-order valence-corrected chi connectivity index (χ3v) is 3.27. The Morgan fingerprint density at radius 1 is 1.23 bits per heavy atom. The Balaban J connectivity index is 1.99. The molecule has 136 valence electrons. The van der Waals surface area contributed by atoms with E-state index < -0.39 is 0 Å². The number of halogens is 1. The summed E-state index contributed by atoms with van der Waals surface area (Å²) in [7, 11) is 1.49. The number of nitrogens with zero attached hydrogens (tertiary/aromatic N) is 2. The number of nitrogens with two attached hydrogens (primary N) is 2. The zero-order chi connectivity index (χ0) is 18.9. The van der Waals surface area contributed by atoms with Crippen molar-refractivity contribution in [1.82, 2.24) is 0 Å². The summed E-state index contributed by atoms with van der Waals surface area (Å²) in [5, 5.41) is 10.4. The van der Waals surface area contributed by atoms with Gasteiger partial charge in [-0.3, -0.25) is 4.79 Å². The van der Waals surface area contributed by atoms with Crippen molar-refractivity contribution in [3.05, 3.63) is 53.1 Å². The highest BCUT2D eigenvalue weighted by atomic mass is 35.5. The van der Waals surface area contributed by atoms with E-state index in [1.807, 2.05) is 0 Å². The second kappa shape index (κ2) is 9.28. The van der Waals surface area contributed by atoms with Gasteiger partial charge >= 0.3 is 0 Å². The number of carbonyl (C=O) groups is 1. The van der Waals surface area contributed by atoms with E-state index in [0.717, 1.165) is 0 Å². The van der Waals surface area contributed by atoms with Gasteiger partial charge in [-0.15, -0.1) is 5.10 Å². The maximum Gasteiger partial charge on any atom is 0.262 e. The summed E-state index contributed by atoms with van der Waals surface area (Å²) >= 11 is 5.88. The zero-order valence-corrected chi connectivity index (χ0v) is 14.7. The van der Waals surface area contributed by atoms with E-state index in [9.17, 15) is 4.79 Å². The maximum absolute atomic E-state index is 12.0. The van der Waals surface area contributed by atoms with Crippen LogP contribution >= 0.6 is 11.6 Å². The third kappa shape index (κ3) is 5.99. The van der Waals surface area contributed by atoms with Crippen LogP contribution in [-0.2, 0) is 4.79 Å². The average Bonchev–Trinajstić information content (AvgIpc) is 2.60. The number of hydrogen-bond donors (Lipinski definition) is 3. The van der Waals surface area contributed by atoms with Gasteiger partial charge < -0.3 is 26.3 Å². The number of hydrogen-bond acceptors (Lipinski definition) is 5. The molecule has 2 rings (SSSR count). The topological polar surface area (TPSA) is 124 Å². The Kier molecular flexibility index (Phi) is 6.81. The lowest BCUT2D eigenvalue weighted by Gasteiger charge is -2.11. The molecule has 0 radical (unpaired) electrons. The van der Waals surface area contributed by atoms with Crippen LogP contribution in [0.3, 0.4) is 0 Å². The fraction of sp³-hybridized carbons (Fsp3) is 0.118. The number of amides is 1. The Morgan fingerprint density at radius 2 is 2.04 bits per heavy atom. The van der Waals surface area contributed by atoms with Crippen molar-refractivity contribution in [2.75, 3.05) is 19.0 Å². The first kappa shape index (κ1) is 19.1. The Hall–Kier alpha value is -3.26. The van der Waals surface area contributed by atoms with E-state index >= 15 is 0 Å². The first-order valence-electron chi connectivity index (χ1n) is 7.46. The van der Waals surface area contributed by atoms with Crippen LogP contribution in [0.4, 0.5) is 5.69 Å². The smallest absolute Gasteiger partial charge is 0.262 e. The molecule has 2 aromatic rings. The van der Waals surface area contributed by atoms with Gasteiger partial charge in [-0.2, -0.15) is 5.10 Å². The molecule has 5 N–H and O–H groups in total. The molecule has 0 fully saturated rings. The van der Waals surface area contributed by atoms with Gasteiger partial charge in [0.2, 0.25) is 5.96 Å². The van der Waals surface area contributed by atoms with Crippen molar-refractivity contribution < 1.29 is 14.3 Å². The summed E-state index contributed by atoms with van der Waals surface area (Å²) in [5.41, 5.74) is 11.7. The van der Waals surface area contributed by atoms with Crippen molar-refractivity contribution in [1.29, 1.82) is 0 Å². The molecule has 0 saturated heterocycles. The quantitative estimate of drug-likeness (QED) is 0.387. The second-order valence-electron chi connectivity index (χ2n) is 5.03. The van der Waals surface area contributed by atoms with Crippen LogP contribution in [0.2, 0.25) is 5.02 Å². The van der Waals surface area contributed by atoms with Crippen LogP contribution in [-0.4, -0.2) is 31.8 Å². The number of rotatable bonds is 7. The molecule has 1 amide bonds. The first-order valence-corrected chi connectivity index (χ1v) is 7.84. The van der Waals surface area contributed by atoms with Crippen molar-refractivity contribution in [3.63, 3.8) is 0 Å². The van der Waals surface area contributed by atoms with E-state index in [0.29, 0.717) is 27.8 Å². The van der Waals surface area contributed by atoms with Gasteiger partial charge in [0, 0.05) is 10.7 Å². The Morgan fingerprint density at radius 3 is 2.73 bits per heavy atom. The minimum Gasteiger partial charge on any atom is -0.493 e. The van der Waals surface area contributed by atoms with Crippen molar-refractivity contribution in [3.8, 4) is 11.5 Å². The standard InChI is InChI=1S/C17H18ClN5O3/c1-25-15-7-11(9-21-23-17(19)20)5-6-14(15)26-10-16(24)22-13-4-2-3-12(18)8-13/h2-9H,10H2,1H3,(H,22,24)(H4,19,20,23)/b21-9+. The summed E-state index contributed by atoms with van der Waals surface area (Å²) < 4.78 is 10.8. The molecule has 0 saturated carbocycles. The predicted octanol–water partition coefficient (Wildman–Crippen LogP) is 1.97. The molecule has 0 spiro atoms. The molecule has 26 heavy (non-hydrogen) atoms. The molecule has 0 heterocycles. The molecular weight excluding hydrogens is 358 g/mol. The molecule has 9 heteroatoms. The number of anilines is 1. The molecule has 0 aromatic heterocycles. The van der Waals surface area contributed by atoms with Gasteiger partial charge in [0.25, 0.3) is 5.91 Å². The van der Waals surface area contributed by atoms with Crippen LogP contribution < -0.4 is 26.3 Å². The van der Waals surface area contributed by atoms with Gasteiger partial charge in [0.15, 0.2) is 18.1 Å². The lowest BCUT2D eigenvalue weighted by molar-refractivity contribution is -0.118.